The molecule has 2 aliphatic rings. The first-order valence-electron chi connectivity index (χ1n) is 14.7. The fourth-order valence-corrected chi connectivity index (χ4v) is 5.97. The molecule has 1 aliphatic carbocycles. The average molecular weight is 612 g/mol. The first kappa shape index (κ1) is 30.8. The predicted molar refractivity (Wildman–Crippen MR) is 163 cm³/mol. The van der Waals surface area contributed by atoms with Gasteiger partial charge in [-0.05, 0) is 43.9 Å². The van der Waals surface area contributed by atoms with Crippen molar-refractivity contribution in [3.8, 4) is 22.8 Å². The molecule has 2 aromatic heterocycles. The Morgan fingerprint density at radius 3 is 2.58 bits per heavy atom. The van der Waals surface area contributed by atoms with E-state index in [9.17, 15) is 19.8 Å². The van der Waals surface area contributed by atoms with E-state index in [1.807, 2.05) is 29.7 Å². The average Bonchev–Trinajstić information content (AvgIpc) is 3.65. The number of amides is 2. The van der Waals surface area contributed by atoms with Crippen LogP contribution in [0.5, 0.6) is 11.5 Å². The van der Waals surface area contributed by atoms with E-state index in [-0.39, 0.29) is 19.8 Å². The number of aromatic nitrogens is 3. The first-order valence-corrected chi connectivity index (χ1v) is 18.4. The van der Waals surface area contributed by atoms with Crippen molar-refractivity contribution in [2.24, 2.45) is 5.92 Å². The van der Waals surface area contributed by atoms with Crippen molar-refractivity contribution in [1.29, 1.82) is 0 Å². The number of likely N-dealkylation sites (tertiary alicyclic amines) is 1. The maximum atomic E-state index is 13.8. The van der Waals surface area contributed by atoms with Crippen LogP contribution < -0.4 is 14.8 Å². The number of carboxylic acid groups (broad SMARTS) is 1. The van der Waals surface area contributed by atoms with Gasteiger partial charge in [0.2, 0.25) is 0 Å². The SMILES string of the molecule is COc1ccc(-c2ncnc3c(C(=O)N[C@@H]4CN(C(=O)O)C[C@H]4O)c(C)n(COCC[Si](C)(C)C)c23)c(OCC2CC2)c1. The van der Waals surface area contributed by atoms with E-state index in [0.717, 1.165) is 29.3 Å². The van der Waals surface area contributed by atoms with E-state index in [1.54, 1.807) is 7.11 Å². The van der Waals surface area contributed by atoms with Gasteiger partial charge in [-0.1, -0.05) is 19.6 Å². The number of carbonyl (C=O) groups is 2. The minimum atomic E-state index is -1.33. The number of aliphatic hydroxyl groups is 1. The van der Waals surface area contributed by atoms with Crippen molar-refractivity contribution in [1.82, 2.24) is 24.8 Å². The molecule has 5 rings (SSSR count). The molecule has 2 amide bonds. The molecule has 2 fully saturated rings. The molecule has 0 spiro atoms. The summed E-state index contributed by atoms with van der Waals surface area (Å²) in [4.78, 5) is 35.5. The number of aliphatic hydroxyl groups excluding tert-OH is 1. The van der Waals surface area contributed by atoms with Gasteiger partial charge in [-0.3, -0.25) is 4.79 Å². The molecular formula is C30H41N5O7Si. The molecule has 43 heavy (non-hydrogen) atoms. The fraction of sp³-hybridized carbons (Fsp3) is 0.533. The highest BCUT2D eigenvalue weighted by atomic mass is 28.3. The van der Waals surface area contributed by atoms with Crippen molar-refractivity contribution in [2.45, 2.75) is 64.3 Å². The van der Waals surface area contributed by atoms with Crippen LogP contribution in [0.1, 0.15) is 28.9 Å². The van der Waals surface area contributed by atoms with E-state index in [0.29, 0.717) is 58.6 Å². The van der Waals surface area contributed by atoms with Crippen molar-refractivity contribution < 1.29 is 34.0 Å². The summed E-state index contributed by atoms with van der Waals surface area (Å²) in [7, 11) is 0.277. The zero-order valence-electron chi connectivity index (χ0n) is 25.4. The summed E-state index contributed by atoms with van der Waals surface area (Å²) in [5, 5.41) is 22.7. The number of fused-ring (bicyclic) bond motifs is 1. The number of hydrogen-bond donors (Lipinski definition) is 3. The second kappa shape index (κ2) is 12.5. The molecule has 12 nitrogen and oxygen atoms in total. The molecular weight excluding hydrogens is 570 g/mol. The summed E-state index contributed by atoms with van der Waals surface area (Å²) in [5.41, 5.74) is 3.33. The van der Waals surface area contributed by atoms with Crippen LogP contribution in [0.4, 0.5) is 4.79 Å². The standard InChI is InChI=1S/C30H41N5O7Si/c1-18-25(29(37)33-22-13-34(30(38)39)14-23(22)36)27-28(35(18)17-41-10-11-43(3,4)5)26(31-16-32-27)21-9-8-20(40-2)12-24(21)42-15-19-6-7-19/h8-9,12,16,19,22-23,36H,6-7,10-11,13-15,17H2,1-5H3,(H,33,37)(H,38,39)/t22-,23-/m1/s1. The number of methoxy groups -OCH3 is 1. The van der Waals surface area contributed by atoms with Gasteiger partial charge in [-0.25, -0.2) is 14.8 Å². The van der Waals surface area contributed by atoms with Gasteiger partial charge in [0.25, 0.3) is 5.91 Å². The van der Waals surface area contributed by atoms with Crippen molar-refractivity contribution in [2.75, 3.05) is 33.4 Å². The van der Waals surface area contributed by atoms with Crippen LogP contribution in [0.15, 0.2) is 24.5 Å². The molecule has 3 N–H and O–H groups in total. The summed E-state index contributed by atoms with van der Waals surface area (Å²) < 4.78 is 19.8. The van der Waals surface area contributed by atoms with Crippen LogP contribution in [-0.4, -0.2) is 95.3 Å². The highest BCUT2D eigenvalue weighted by molar-refractivity contribution is 6.76. The van der Waals surface area contributed by atoms with Gasteiger partial charge in [0.15, 0.2) is 0 Å². The maximum Gasteiger partial charge on any atom is 0.407 e. The minimum Gasteiger partial charge on any atom is -0.497 e. The molecule has 0 radical (unpaired) electrons. The zero-order chi connectivity index (χ0) is 30.9. The first-order chi connectivity index (χ1) is 20.5. The lowest BCUT2D eigenvalue weighted by molar-refractivity contribution is 0.0865. The molecule has 3 aromatic rings. The second-order valence-electron chi connectivity index (χ2n) is 12.6. The van der Waals surface area contributed by atoms with Crippen LogP contribution in [0, 0.1) is 12.8 Å². The summed E-state index contributed by atoms with van der Waals surface area (Å²) in [6.45, 7) is 9.98. The number of carbonyl (C=O) groups excluding carboxylic acids is 1. The number of hydrogen-bond acceptors (Lipinski definition) is 8. The molecule has 2 atom stereocenters. The Morgan fingerprint density at radius 1 is 1.16 bits per heavy atom. The van der Waals surface area contributed by atoms with Crippen molar-refractivity contribution in [3.63, 3.8) is 0 Å². The molecule has 13 heteroatoms. The molecule has 3 heterocycles. The zero-order valence-corrected chi connectivity index (χ0v) is 26.4. The largest absolute Gasteiger partial charge is 0.497 e. The number of nitrogens with zero attached hydrogens (tertiary/aromatic N) is 4. The Kier molecular flexibility index (Phi) is 8.95. The summed E-state index contributed by atoms with van der Waals surface area (Å²) in [6.07, 6.45) is 1.55. The summed E-state index contributed by atoms with van der Waals surface area (Å²) >= 11 is 0. The highest BCUT2D eigenvalue weighted by Crippen LogP contribution is 2.39. The smallest absolute Gasteiger partial charge is 0.407 e. The third-order valence-corrected chi connectivity index (χ3v) is 9.74. The second-order valence-corrected chi connectivity index (χ2v) is 18.2. The lowest BCUT2D eigenvalue weighted by Gasteiger charge is -2.17. The van der Waals surface area contributed by atoms with Crippen LogP contribution in [-0.2, 0) is 11.5 Å². The predicted octanol–water partition coefficient (Wildman–Crippen LogP) is 3.97. The number of β-amino-alcohol motifs (C(OH)–C–C–N with tert-alkyl or cyclic N) is 1. The third-order valence-electron chi connectivity index (χ3n) is 8.03. The minimum absolute atomic E-state index is 0.00644. The fourth-order valence-electron chi connectivity index (χ4n) is 5.22. The van der Waals surface area contributed by atoms with Gasteiger partial charge >= 0.3 is 6.09 Å². The van der Waals surface area contributed by atoms with E-state index in [4.69, 9.17) is 14.2 Å². The van der Waals surface area contributed by atoms with Crippen molar-refractivity contribution in [3.05, 3.63) is 35.8 Å². The van der Waals surface area contributed by atoms with Gasteiger partial charge in [0.05, 0.1) is 43.5 Å². The van der Waals surface area contributed by atoms with Gasteiger partial charge in [0, 0.05) is 38.5 Å². The van der Waals surface area contributed by atoms with Crippen LogP contribution in [0.25, 0.3) is 22.3 Å². The van der Waals surface area contributed by atoms with Gasteiger partial charge in [-0.2, -0.15) is 0 Å². The van der Waals surface area contributed by atoms with Crippen molar-refractivity contribution >= 4 is 31.1 Å². The molecule has 1 saturated carbocycles. The van der Waals surface area contributed by atoms with E-state index in [2.05, 4.69) is 34.9 Å². The Balaban J connectivity index is 1.56. The Morgan fingerprint density at radius 2 is 1.93 bits per heavy atom. The van der Waals surface area contributed by atoms with Crippen LogP contribution >= 0.6 is 0 Å². The maximum absolute atomic E-state index is 13.8. The summed E-state index contributed by atoms with van der Waals surface area (Å²) in [6, 6.07) is 5.83. The monoisotopic (exact) mass is 611 g/mol. The third kappa shape index (κ3) is 6.94. The van der Waals surface area contributed by atoms with Gasteiger partial charge in [-0.15, -0.1) is 0 Å². The van der Waals surface area contributed by atoms with Crippen LogP contribution in [0.2, 0.25) is 25.7 Å². The molecule has 1 saturated heterocycles. The Bertz CT molecular complexity index is 1500. The van der Waals surface area contributed by atoms with Gasteiger partial charge in [0.1, 0.15) is 35.8 Å². The molecule has 0 bridgehead atoms. The lowest BCUT2D eigenvalue weighted by atomic mass is 10.1. The lowest BCUT2D eigenvalue weighted by Crippen LogP contribution is -2.43. The normalized spacial score (nSPS) is 18.7. The Hall–Kier alpha value is -3.68. The molecule has 1 aliphatic heterocycles. The number of nitrogens with one attached hydrogen (secondary N) is 1. The quantitative estimate of drug-likeness (QED) is 0.204. The number of rotatable bonds is 12. The van der Waals surface area contributed by atoms with Crippen LogP contribution in [0.3, 0.4) is 0 Å². The molecule has 1 aromatic carbocycles. The topological polar surface area (TPSA) is 148 Å². The van der Waals surface area contributed by atoms with Gasteiger partial charge < -0.3 is 39.2 Å². The Labute approximate surface area is 252 Å². The molecule has 0 unspecified atom stereocenters. The summed E-state index contributed by atoms with van der Waals surface area (Å²) in [5.74, 6) is 1.37. The molecule has 232 valence electrons. The number of benzene rings is 1. The van der Waals surface area contributed by atoms with E-state index in [1.165, 1.54) is 6.33 Å². The van der Waals surface area contributed by atoms with E-state index >= 15 is 0 Å². The number of ether oxygens (including phenoxy) is 3. The highest BCUT2D eigenvalue weighted by Gasteiger charge is 2.36. The van der Waals surface area contributed by atoms with E-state index < -0.39 is 32.2 Å².